The second-order valence-electron chi connectivity index (χ2n) is 14.5. The zero-order valence-corrected chi connectivity index (χ0v) is 30.9. The molecule has 0 spiro atoms. The average Bonchev–Trinajstić information content (AvgIpc) is 3.87. The van der Waals surface area contributed by atoms with E-state index in [1.807, 2.05) is 6.07 Å². The Labute approximate surface area is 334 Å². The molecule has 11 aromatic rings. The minimum Gasteiger partial charge on any atom is -0.310 e. The van der Waals surface area contributed by atoms with E-state index in [9.17, 15) is 0 Å². The zero-order valence-electron chi connectivity index (χ0n) is 30.1. The van der Waals surface area contributed by atoms with Crippen LogP contribution in [0.2, 0.25) is 0 Å². The molecule has 0 fully saturated rings. The number of fused-ring (bicyclic) bond motifs is 9. The van der Waals surface area contributed by atoms with Crippen molar-refractivity contribution in [3.63, 3.8) is 0 Å². The third-order valence-corrected chi connectivity index (χ3v) is 12.5. The second kappa shape index (κ2) is 12.5. The summed E-state index contributed by atoms with van der Waals surface area (Å²) in [6.45, 7) is 0. The zero-order chi connectivity index (χ0) is 37.8. The first kappa shape index (κ1) is 33.3. The van der Waals surface area contributed by atoms with E-state index in [0.717, 1.165) is 43.2 Å². The van der Waals surface area contributed by atoms with E-state index in [4.69, 9.17) is 39.2 Å². The van der Waals surface area contributed by atoms with Crippen LogP contribution in [-0.4, -0.2) is 48.4 Å². The molecule has 0 atom stereocenters. The number of nitrogens with zero attached hydrogens (tertiary/aromatic N) is 2. The molecule has 0 bridgehead atoms. The topological polar surface area (TPSA) is 9.86 Å². The lowest BCUT2D eigenvalue weighted by Crippen LogP contribution is -2.56. The summed E-state index contributed by atoms with van der Waals surface area (Å²) >= 11 is 1.78. The van der Waals surface area contributed by atoms with Gasteiger partial charge in [-0.3, -0.25) is 0 Å². The third-order valence-electron chi connectivity index (χ3n) is 11.3. The van der Waals surface area contributed by atoms with E-state index in [2.05, 4.69) is 155 Å². The molecule has 8 heteroatoms. The highest BCUT2D eigenvalue weighted by Crippen LogP contribution is 2.44. The molecule has 248 valence electrons. The Hall–Kier alpha value is -6.10. The van der Waals surface area contributed by atoms with E-state index < -0.39 is 0 Å². The van der Waals surface area contributed by atoms with Crippen molar-refractivity contribution >= 4 is 142 Å². The predicted molar refractivity (Wildman–Crippen MR) is 246 cm³/mol. The third kappa shape index (κ3) is 4.82. The van der Waals surface area contributed by atoms with E-state index in [-0.39, 0.29) is 16.4 Å². The Morgan fingerprint density at radius 3 is 1.27 bits per heavy atom. The van der Waals surface area contributed by atoms with Gasteiger partial charge in [0, 0.05) is 53.1 Å². The van der Waals surface area contributed by atoms with Crippen LogP contribution in [0.25, 0.3) is 97.4 Å². The van der Waals surface area contributed by atoms with E-state index >= 15 is 0 Å². The normalized spacial score (nSPS) is 11.9. The molecule has 2 nitrogen and oxygen atoms in total. The van der Waals surface area contributed by atoms with Crippen molar-refractivity contribution in [2.24, 2.45) is 0 Å². The van der Waals surface area contributed by atoms with Crippen LogP contribution in [0.4, 0.5) is 0 Å². The minimum absolute atomic E-state index is 0.197. The number of rotatable bonds is 4. The number of thiophene rings is 1. The van der Waals surface area contributed by atoms with E-state index in [1.165, 1.54) is 48.5 Å². The van der Waals surface area contributed by atoms with Crippen LogP contribution in [0.1, 0.15) is 0 Å². The number of hydrogen-bond donors (Lipinski definition) is 0. The fourth-order valence-corrected chi connectivity index (χ4v) is 9.77. The number of benzene rings is 8. The summed E-state index contributed by atoms with van der Waals surface area (Å²) in [5, 5.41) is 6.96. The molecule has 0 amide bonds. The highest BCUT2D eigenvalue weighted by Gasteiger charge is 2.21. The van der Waals surface area contributed by atoms with Gasteiger partial charge in [-0.05, 0) is 76.9 Å². The highest BCUT2D eigenvalue weighted by molar-refractivity contribution is 7.26. The van der Waals surface area contributed by atoms with Crippen LogP contribution in [0, 0.1) is 0 Å². The molecule has 0 saturated carbocycles. The summed E-state index contributed by atoms with van der Waals surface area (Å²) in [6, 6.07) is 54.4. The van der Waals surface area contributed by atoms with Crippen LogP contribution in [0.15, 0.2) is 152 Å². The van der Waals surface area contributed by atoms with Gasteiger partial charge in [0.25, 0.3) is 0 Å². The second-order valence-corrected chi connectivity index (χ2v) is 15.5. The first-order valence-electron chi connectivity index (χ1n) is 18.5. The maximum Gasteiger partial charge on any atom is 0.115 e. The van der Waals surface area contributed by atoms with Crippen molar-refractivity contribution in [3.05, 3.63) is 152 Å². The lowest BCUT2D eigenvalue weighted by Gasteiger charge is -2.23. The number of para-hydroxylation sites is 2. The predicted octanol–water partition coefficient (Wildman–Crippen LogP) is 7.55. The van der Waals surface area contributed by atoms with E-state index in [1.54, 1.807) is 11.3 Å². The van der Waals surface area contributed by atoms with Crippen LogP contribution >= 0.6 is 11.3 Å². The van der Waals surface area contributed by atoms with Crippen molar-refractivity contribution in [1.29, 1.82) is 0 Å². The summed E-state index contributed by atoms with van der Waals surface area (Å²) in [6.07, 6.45) is 0. The van der Waals surface area contributed by atoms with Crippen LogP contribution in [-0.2, 0) is 0 Å². The van der Waals surface area contributed by atoms with Gasteiger partial charge in [0.15, 0.2) is 0 Å². The first-order chi connectivity index (χ1) is 27.4. The molecule has 0 aliphatic carbocycles. The van der Waals surface area contributed by atoms with E-state index in [0.29, 0.717) is 16.6 Å². The lowest BCUT2D eigenvalue weighted by atomic mass is 9.61. The van der Waals surface area contributed by atoms with Crippen molar-refractivity contribution in [1.82, 2.24) is 9.13 Å². The Bertz CT molecular complexity index is 3330. The standard InChI is InChI=1S/C48H25B5N2S/c49-43-44(50)46(52)48(47(53)45(43)51)55-38-18-10-8-16-32(38)34-23-36-35-22-33-31-15-7-9-17-37(31)54(39(33)24-41(35)56-42(36)25-40(34)55)30-20-28(26-11-3-1-4-12-26)19-29(21-30)27-13-5-2-6-14-27/h1-25H. The first-order valence-corrected chi connectivity index (χ1v) is 19.3. The summed E-state index contributed by atoms with van der Waals surface area (Å²) < 4.78 is 6.84. The molecule has 10 radical (unpaired) electrons. The van der Waals surface area contributed by atoms with Gasteiger partial charge in [-0.15, -0.1) is 27.7 Å². The summed E-state index contributed by atoms with van der Waals surface area (Å²) in [4.78, 5) is 0. The van der Waals surface area contributed by atoms with Gasteiger partial charge in [-0.2, -0.15) is 0 Å². The van der Waals surface area contributed by atoms with Crippen molar-refractivity contribution < 1.29 is 0 Å². The Morgan fingerprint density at radius 1 is 0.321 bits per heavy atom. The smallest absolute Gasteiger partial charge is 0.115 e. The van der Waals surface area contributed by atoms with Crippen molar-refractivity contribution in [2.75, 3.05) is 0 Å². The van der Waals surface area contributed by atoms with Crippen molar-refractivity contribution in [2.45, 2.75) is 0 Å². The molecule has 0 unspecified atom stereocenters. The Balaban J connectivity index is 1.20. The minimum atomic E-state index is 0.197. The van der Waals surface area contributed by atoms with Gasteiger partial charge < -0.3 is 9.13 Å². The fraction of sp³-hybridized carbons (Fsp3) is 0. The van der Waals surface area contributed by atoms with Gasteiger partial charge in [0.2, 0.25) is 0 Å². The molecule has 8 aromatic carbocycles. The Kier molecular flexibility index (Phi) is 7.40. The van der Waals surface area contributed by atoms with Gasteiger partial charge in [0.1, 0.15) is 39.2 Å². The van der Waals surface area contributed by atoms with Gasteiger partial charge in [-0.25, -0.2) is 0 Å². The summed E-state index contributed by atoms with van der Waals surface area (Å²) in [5.41, 5.74) is 11.8. The SMILES string of the molecule is [B]c1c([B])c([B])c(-n2c3ccccc3c3cc4c(cc32)sc2cc3c(cc24)c2ccccc2n3-c2cc(-c3ccccc3)cc(-c3ccccc3)c2)c([B])c1[B]. The fourth-order valence-electron chi connectivity index (χ4n) is 8.63. The average molecular weight is 716 g/mol. The van der Waals surface area contributed by atoms with Gasteiger partial charge in [-0.1, -0.05) is 108 Å². The maximum absolute atomic E-state index is 6.68. The lowest BCUT2D eigenvalue weighted by molar-refractivity contribution is 1.18. The van der Waals surface area contributed by atoms with Crippen LogP contribution in [0.3, 0.4) is 0 Å². The molecular formula is C48H25B5N2S. The number of aromatic nitrogens is 2. The van der Waals surface area contributed by atoms with Crippen molar-refractivity contribution in [3.8, 4) is 33.6 Å². The van der Waals surface area contributed by atoms with Crippen LogP contribution < -0.4 is 27.3 Å². The largest absolute Gasteiger partial charge is 0.310 e. The highest BCUT2D eigenvalue weighted by atomic mass is 32.1. The number of hydrogen-bond acceptors (Lipinski definition) is 1. The maximum atomic E-state index is 6.68. The molecule has 0 saturated heterocycles. The molecule has 0 aliphatic rings. The quantitative estimate of drug-likeness (QED) is 0.167. The molecule has 11 rings (SSSR count). The summed E-state index contributed by atoms with van der Waals surface area (Å²) in [7, 11) is 32.4. The Morgan fingerprint density at radius 2 is 0.750 bits per heavy atom. The molecule has 3 heterocycles. The summed E-state index contributed by atoms with van der Waals surface area (Å²) in [5.74, 6) is 0. The monoisotopic (exact) mass is 716 g/mol. The van der Waals surface area contributed by atoms with Gasteiger partial charge in [0.05, 0.1) is 22.1 Å². The molecule has 0 N–H and O–H groups in total. The molecule has 3 aromatic heterocycles. The van der Waals surface area contributed by atoms with Gasteiger partial charge >= 0.3 is 0 Å². The molecule has 56 heavy (non-hydrogen) atoms. The molecule has 0 aliphatic heterocycles. The van der Waals surface area contributed by atoms with Crippen LogP contribution in [0.5, 0.6) is 0 Å². The molecular weight excluding hydrogens is 691 g/mol.